The van der Waals surface area contributed by atoms with Crippen molar-refractivity contribution in [2.75, 3.05) is 13.6 Å². The zero-order chi connectivity index (χ0) is 13.4. The fourth-order valence-corrected chi connectivity index (χ4v) is 2.62. The molecule has 1 atom stereocenters. The number of rotatable bonds is 5. The van der Waals surface area contributed by atoms with Gasteiger partial charge in [0.2, 0.25) is 0 Å². The molecule has 0 radical (unpaired) electrons. The van der Waals surface area contributed by atoms with Crippen LogP contribution in [0.1, 0.15) is 31.0 Å². The second-order valence-corrected chi connectivity index (χ2v) is 5.95. The van der Waals surface area contributed by atoms with E-state index < -0.39 is 0 Å². The van der Waals surface area contributed by atoms with Gasteiger partial charge in [0, 0.05) is 25.3 Å². The van der Waals surface area contributed by atoms with Crippen LogP contribution in [0.25, 0.3) is 11.2 Å². The van der Waals surface area contributed by atoms with Crippen LogP contribution >= 0.6 is 11.6 Å². The van der Waals surface area contributed by atoms with Crippen LogP contribution in [0.3, 0.4) is 0 Å². The minimum atomic E-state index is -0.0968. The predicted octanol–water partition coefficient (Wildman–Crippen LogP) is 2.83. The van der Waals surface area contributed by atoms with Crippen LogP contribution < -0.4 is 0 Å². The van der Waals surface area contributed by atoms with E-state index in [1.165, 1.54) is 12.8 Å². The van der Waals surface area contributed by atoms with Crippen molar-refractivity contribution in [3.63, 3.8) is 0 Å². The number of likely N-dealkylation sites (N-methyl/N-ethyl adjacent to an activating group) is 1. The van der Waals surface area contributed by atoms with E-state index in [1.54, 1.807) is 0 Å². The summed E-state index contributed by atoms with van der Waals surface area (Å²) in [5.74, 6) is 0.916. The summed E-state index contributed by atoms with van der Waals surface area (Å²) in [6.45, 7) is 3.88. The molecule has 0 saturated heterocycles. The maximum Gasteiger partial charge on any atom is 0.160 e. The number of hydrogen-bond acceptors (Lipinski definition) is 3. The summed E-state index contributed by atoms with van der Waals surface area (Å²) in [6, 6.07) is 4.69. The quantitative estimate of drug-likeness (QED) is 0.789. The van der Waals surface area contributed by atoms with Gasteiger partial charge in [-0.1, -0.05) is 0 Å². The lowest BCUT2D eigenvalue weighted by Crippen LogP contribution is -2.26. The molecule has 2 aromatic rings. The summed E-state index contributed by atoms with van der Waals surface area (Å²) in [4.78, 5) is 11.5. The Morgan fingerprint density at radius 2 is 2.32 bits per heavy atom. The first-order valence-corrected chi connectivity index (χ1v) is 7.26. The molecule has 1 aliphatic carbocycles. The Hall–Kier alpha value is -1.13. The molecule has 0 amide bonds. The Kier molecular flexibility index (Phi) is 3.46. The summed E-state index contributed by atoms with van der Waals surface area (Å²) in [6.07, 6.45) is 4.48. The molecular formula is C14H19ClN4. The number of halogens is 1. The van der Waals surface area contributed by atoms with Crippen LogP contribution in [0.4, 0.5) is 0 Å². The number of imidazole rings is 1. The van der Waals surface area contributed by atoms with E-state index in [9.17, 15) is 0 Å². The molecule has 19 heavy (non-hydrogen) atoms. The Bertz CT molecular complexity index is 574. The van der Waals surface area contributed by atoms with Gasteiger partial charge in [-0.3, -0.25) is 0 Å². The molecule has 0 spiro atoms. The molecule has 1 fully saturated rings. The highest BCUT2D eigenvalue weighted by molar-refractivity contribution is 6.20. The highest BCUT2D eigenvalue weighted by Crippen LogP contribution is 2.26. The Morgan fingerprint density at radius 1 is 1.53 bits per heavy atom. The smallest absolute Gasteiger partial charge is 0.160 e. The lowest BCUT2D eigenvalue weighted by molar-refractivity contribution is 0.309. The number of hydrogen-bond donors (Lipinski definition) is 0. The molecule has 0 aromatic carbocycles. The number of fused-ring (bicyclic) bond motifs is 1. The molecule has 0 aliphatic heterocycles. The Labute approximate surface area is 118 Å². The van der Waals surface area contributed by atoms with E-state index in [0.717, 1.165) is 36.1 Å². The van der Waals surface area contributed by atoms with E-state index in [0.29, 0.717) is 0 Å². The SMILES string of the molecule is CC(Cl)c1nc2cccnc2n1CCN(C)C1CC1. The van der Waals surface area contributed by atoms with Crippen molar-refractivity contribution >= 4 is 22.8 Å². The van der Waals surface area contributed by atoms with E-state index in [-0.39, 0.29) is 5.38 Å². The number of pyridine rings is 1. The molecule has 0 bridgehead atoms. The topological polar surface area (TPSA) is 34.0 Å². The van der Waals surface area contributed by atoms with Gasteiger partial charge in [-0.15, -0.1) is 11.6 Å². The second-order valence-electron chi connectivity index (χ2n) is 5.30. The summed E-state index contributed by atoms with van der Waals surface area (Å²) in [7, 11) is 2.19. The maximum atomic E-state index is 6.25. The van der Waals surface area contributed by atoms with Gasteiger partial charge < -0.3 is 9.47 Å². The third-order valence-corrected chi connectivity index (χ3v) is 3.93. The summed E-state index contributed by atoms with van der Waals surface area (Å²) in [5, 5.41) is -0.0968. The standard InChI is InChI=1S/C14H19ClN4/c1-10(15)13-17-12-4-3-7-16-14(12)19(13)9-8-18(2)11-5-6-11/h3-4,7,10-11H,5-6,8-9H2,1-2H3. The van der Waals surface area contributed by atoms with Gasteiger partial charge in [0.05, 0.1) is 5.38 Å². The first kappa shape index (κ1) is 12.9. The number of nitrogens with zero attached hydrogens (tertiary/aromatic N) is 4. The minimum Gasteiger partial charge on any atom is -0.310 e. The molecule has 2 heterocycles. The molecule has 2 aromatic heterocycles. The van der Waals surface area contributed by atoms with Crippen molar-refractivity contribution in [1.29, 1.82) is 0 Å². The van der Waals surface area contributed by atoms with Crippen molar-refractivity contribution in [2.24, 2.45) is 0 Å². The molecule has 0 N–H and O–H groups in total. The molecular weight excluding hydrogens is 260 g/mol. The molecule has 5 heteroatoms. The number of aromatic nitrogens is 3. The van der Waals surface area contributed by atoms with Gasteiger partial charge >= 0.3 is 0 Å². The largest absolute Gasteiger partial charge is 0.310 e. The van der Waals surface area contributed by atoms with Gasteiger partial charge in [0.25, 0.3) is 0 Å². The van der Waals surface area contributed by atoms with Gasteiger partial charge in [-0.05, 0) is 38.9 Å². The third-order valence-electron chi connectivity index (χ3n) is 3.74. The molecule has 3 rings (SSSR count). The molecule has 1 unspecified atom stereocenters. The Morgan fingerprint density at radius 3 is 3.00 bits per heavy atom. The lowest BCUT2D eigenvalue weighted by Gasteiger charge is -2.17. The van der Waals surface area contributed by atoms with Crippen LogP contribution in [0.15, 0.2) is 18.3 Å². The average molecular weight is 279 g/mol. The monoisotopic (exact) mass is 278 g/mol. The fraction of sp³-hybridized carbons (Fsp3) is 0.571. The van der Waals surface area contributed by atoms with E-state index >= 15 is 0 Å². The van der Waals surface area contributed by atoms with Gasteiger partial charge in [0.1, 0.15) is 11.3 Å². The summed E-state index contributed by atoms with van der Waals surface area (Å²) >= 11 is 6.25. The van der Waals surface area contributed by atoms with Gasteiger partial charge in [0.15, 0.2) is 5.65 Å². The highest BCUT2D eigenvalue weighted by atomic mass is 35.5. The zero-order valence-corrected chi connectivity index (χ0v) is 12.1. The predicted molar refractivity (Wildman–Crippen MR) is 77.4 cm³/mol. The normalized spacial score (nSPS) is 17.3. The van der Waals surface area contributed by atoms with Crippen molar-refractivity contribution in [3.05, 3.63) is 24.2 Å². The van der Waals surface area contributed by atoms with E-state index in [2.05, 4.69) is 26.5 Å². The van der Waals surface area contributed by atoms with E-state index in [1.807, 2.05) is 25.3 Å². The molecule has 1 saturated carbocycles. The summed E-state index contributed by atoms with van der Waals surface area (Å²) in [5.41, 5.74) is 1.87. The van der Waals surface area contributed by atoms with Crippen molar-refractivity contribution in [3.8, 4) is 0 Å². The molecule has 102 valence electrons. The van der Waals surface area contributed by atoms with Crippen molar-refractivity contribution < 1.29 is 0 Å². The maximum absolute atomic E-state index is 6.25. The zero-order valence-electron chi connectivity index (χ0n) is 11.4. The van der Waals surface area contributed by atoms with Crippen molar-refractivity contribution in [2.45, 2.75) is 37.7 Å². The third kappa shape index (κ3) is 2.60. The van der Waals surface area contributed by atoms with Gasteiger partial charge in [-0.2, -0.15) is 0 Å². The van der Waals surface area contributed by atoms with Crippen LogP contribution in [0.2, 0.25) is 0 Å². The fourth-order valence-electron chi connectivity index (χ4n) is 2.46. The Balaban J connectivity index is 1.88. The highest BCUT2D eigenvalue weighted by Gasteiger charge is 2.26. The summed E-state index contributed by atoms with van der Waals surface area (Å²) < 4.78 is 2.16. The van der Waals surface area contributed by atoms with Crippen LogP contribution in [0.5, 0.6) is 0 Å². The van der Waals surface area contributed by atoms with Crippen LogP contribution in [-0.2, 0) is 6.54 Å². The van der Waals surface area contributed by atoms with E-state index in [4.69, 9.17) is 11.6 Å². The molecule has 4 nitrogen and oxygen atoms in total. The van der Waals surface area contributed by atoms with Crippen LogP contribution in [0, 0.1) is 0 Å². The second kappa shape index (κ2) is 5.10. The number of alkyl halides is 1. The van der Waals surface area contributed by atoms with Crippen molar-refractivity contribution in [1.82, 2.24) is 19.4 Å². The first-order chi connectivity index (χ1) is 9.16. The average Bonchev–Trinajstić information content (AvgIpc) is 3.17. The molecule has 1 aliphatic rings. The lowest BCUT2D eigenvalue weighted by atomic mass is 10.4. The first-order valence-electron chi connectivity index (χ1n) is 6.82. The van der Waals surface area contributed by atoms with Gasteiger partial charge in [-0.25, -0.2) is 9.97 Å². The van der Waals surface area contributed by atoms with Crippen LogP contribution in [-0.4, -0.2) is 39.1 Å². The minimum absolute atomic E-state index is 0.0968.